The first-order valence-electron chi connectivity index (χ1n) is 8.06. The van der Waals surface area contributed by atoms with Gasteiger partial charge in [-0.3, -0.25) is 0 Å². The number of rotatable bonds is 4. The molecule has 1 fully saturated rings. The van der Waals surface area contributed by atoms with Crippen LogP contribution in [-0.4, -0.2) is 6.04 Å². The van der Waals surface area contributed by atoms with Crippen LogP contribution in [0.25, 0.3) is 0 Å². The minimum atomic E-state index is 0.349. The summed E-state index contributed by atoms with van der Waals surface area (Å²) in [5.74, 6) is 0. The summed E-state index contributed by atoms with van der Waals surface area (Å²) in [6.07, 6.45) is 5.16. The zero-order valence-corrected chi connectivity index (χ0v) is 13.9. The van der Waals surface area contributed by atoms with E-state index in [1.807, 2.05) is 0 Å². The van der Waals surface area contributed by atoms with Gasteiger partial charge in [-0.15, -0.1) is 0 Å². The SMILES string of the molecule is CC(C)(C)CC(NC1CCC(C)(C)C1)c1ccccc1. The molecule has 0 aliphatic heterocycles. The molecule has 1 nitrogen and oxygen atoms in total. The largest absolute Gasteiger partial charge is 0.307 e. The van der Waals surface area contributed by atoms with E-state index in [0.717, 1.165) is 0 Å². The Morgan fingerprint density at radius 1 is 1.20 bits per heavy atom. The molecule has 1 saturated carbocycles. The molecule has 112 valence electrons. The summed E-state index contributed by atoms with van der Waals surface area (Å²) in [7, 11) is 0. The van der Waals surface area contributed by atoms with Crippen molar-refractivity contribution in [1.82, 2.24) is 5.32 Å². The number of hydrogen-bond acceptors (Lipinski definition) is 1. The van der Waals surface area contributed by atoms with Gasteiger partial charge in [0.05, 0.1) is 0 Å². The molecule has 1 aliphatic carbocycles. The topological polar surface area (TPSA) is 12.0 Å². The molecular formula is C19H31N. The van der Waals surface area contributed by atoms with Crippen LogP contribution in [0.1, 0.15) is 71.9 Å². The highest BCUT2D eigenvalue weighted by Gasteiger charge is 2.32. The van der Waals surface area contributed by atoms with E-state index in [4.69, 9.17) is 0 Å². The normalized spacial score (nSPS) is 23.8. The van der Waals surface area contributed by atoms with Gasteiger partial charge in [0.1, 0.15) is 0 Å². The van der Waals surface area contributed by atoms with Crippen LogP contribution in [0.2, 0.25) is 0 Å². The molecule has 1 aromatic carbocycles. The lowest BCUT2D eigenvalue weighted by molar-refractivity contribution is 0.284. The van der Waals surface area contributed by atoms with Gasteiger partial charge in [-0.05, 0) is 42.1 Å². The molecule has 0 amide bonds. The van der Waals surface area contributed by atoms with Gasteiger partial charge >= 0.3 is 0 Å². The van der Waals surface area contributed by atoms with Gasteiger partial charge in [0, 0.05) is 12.1 Å². The lowest BCUT2D eigenvalue weighted by Crippen LogP contribution is -2.33. The smallest absolute Gasteiger partial charge is 0.0327 e. The Morgan fingerprint density at radius 3 is 2.35 bits per heavy atom. The highest BCUT2D eigenvalue weighted by molar-refractivity contribution is 5.19. The highest BCUT2D eigenvalue weighted by Crippen LogP contribution is 2.39. The molecule has 1 N–H and O–H groups in total. The number of nitrogens with one attached hydrogen (secondary N) is 1. The van der Waals surface area contributed by atoms with Crippen LogP contribution >= 0.6 is 0 Å². The molecule has 20 heavy (non-hydrogen) atoms. The summed E-state index contributed by atoms with van der Waals surface area (Å²) in [4.78, 5) is 0. The van der Waals surface area contributed by atoms with Crippen molar-refractivity contribution in [3.8, 4) is 0 Å². The molecule has 1 heteroatoms. The van der Waals surface area contributed by atoms with Crippen molar-refractivity contribution in [2.75, 3.05) is 0 Å². The van der Waals surface area contributed by atoms with Gasteiger partial charge in [-0.1, -0.05) is 65.0 Å². The summed E-state index contributed by atoms with van der Waals surface area (Å²) >= 11 is 0. The third kappa shape index (κ3) is 4.63. The molecule has 0 bridgehead atoms. The first-order valence-corrected chi connectivity index (χ1v) is 8.06. The average molecular weight is 273 g/mol. The van der Waals surface area contributed by atoms with Crippen LogP contribution in [0.15, 0.2) is 30.3 Å². The fourth-order valence-corrected chi connectivity index (χ4v) is 3.43. The van der Waals surface area contributed by atoms with E-state index in [-0.39, 0.29) is 0 Å². The maximum absolute atomic E-state index is 3.94. The van der Waals surface area contributed by atoms with E-state index in [9.17, 15) is 0 Å². The second kappa shape index (κ2) is 5.89. The number of hydrogen-bond donors (Lipinski definition) is 1. The van der Waals surface area contributed by atoms with E-state index >= 15 is 0 Å². The predicted octanol–water partition coefficient (Wildman–Crippen LogP) is 5.33. The molecule has 0 spiro atoms. The van der Waals surface area contributed by atoms with E-state index < -0.39 is 0 Å². The second-order valence-corrected chi connectivity index (χ2v) is 8.50. The lowest BCUT2D eigenvalue weighted by atomic mass is 9.85. The van der Waals surface area contributed by atoms with Crippen LogP contribution in [0.4, 0.5) is 0 Å². The Labute approximate surface area is 125 Å². The predicted molar refractivity (Wildman–Crippen MR) is 87.8 cm³/mol. The fourth-order valence-electron chi connectivity index (χ4n) is 3.43. The zero-order chi connectivity index (χ0) is 14.8. The number of benzene rings is 1. The van der Waals surface area contributed by atoms with Crippen LogP contribution < -0.4 is 5.32 Å². The molecule has 1 aromatic rings. The van der Waals surface area contributed by atoms with Gasteiger partial charge in [-0.25, -0.2) is 0 Å². The van der Waals surface area contributed by atoms with Crippen molar-refractivity contribution in [2.24, 2.45) is 10.8 Å². The molecule has 0 radical (unpaired) electrons. The lowest BCUT2D eigenvalue weighted by Gasteiger charge is -2.30. The molecule has 0 aromatic heterocycles. The maximum atomic E-state index is 3.94. The van der Waals surface area contributed by atoms with Crippen molar-refractivity contribution >= 4 is 0 Å². The van der Waals surface area contributed by atoms with Crippen LogP contribution in [0.5, 0.6) is 0 Å². The van der Waals surface area contributed by atoms with E-state index in [1.165, 1.54) is 31.2 Å². The highest BCUT2D eigenvalue weighted by atomic mass is 15.0. The van der Waals surface area contributed by atoms with Gasteiger partial charge in [-0.2, -0.15) is 0 Å². The molecule has 2 unspecified atom stereocenters. The quantitative estimate of drug-likeness (QED) is 0.781. The molecule has 0 saturated heterocycles. The minimum Gasteiger partial charge on any atom is -0.307 e. The Bertz CT molecular complexity index is 413. The van der Waals surface area contributed by atoms with Crippen molar-refractivity contribution in [3.05, 3.63) is 35.9 Å². The van der Waals surface area contributed by atoms with E-state index in [2.05, 4.69) is 70.3 Å². The van der Waals surface area contributed by atoms with Crippen molar-refractivity contribution in [3.63, 3.8) is 0 Å². The van der Waals surface area contributed by atoms with E-state index in [0.29, 0.717) is 22.9 Å². The fraction of sp³-hybridized carbons (Fsp3) is 0.684. The minimum absolute atomic E-state index is 0.349. The first-order chi connectivity index (χ1) is 9.25. The van der Waals surface area contributed by atoms with E-state index in [1.54, 1.807) is 0 Å². The molecule has 2 rings (SSSR count). The van der Waals surface area contributed by atoms with Crippen molar-refractivity contribution < 1.29 is 0 Å². The summed E-state index contributed by atoms with van der Waals surface area (Å²) in [6.45, 7) is 11.8. The molecule has 1 aliphatic rings. The first kappa shape index (κ1) is 15.6. The van der Waals surface area contributed by atoms with Crippen LogP contribution in [0, 0.1) is 10.8 Å². The summed E-state index contributed by atoms with van der Waals surface area (Å²) < 4.78 is 0. The van der Waals surface area contributed by atoms with Gasteiger partial charge < -0.3 is 5.32 Å². The average Bonchev–Trinajstić information content (AvgIpc) is 2.67. The van der Waals surface area contributed by atoms with Gasteiger partial charge in [0.15, 0.2) is 0 Å². The van der Waals surface area contributed by atoms with Crippen LogP contribution in [-0.2, 0) is 0 Å². The van der Waals surface area contributed by atoms with Crippen molar-refractivity contribution in [1.29, 1.82) is 0 Å². The molecular weight excluding hydrogens is 242 g/mol. The Morgan fingerprint density at radius 2 is 1.85 bits per heavy atom. The summed E-state index contributed by atoms with van der Waals surface area (Å²) in [5, 5.41) is 3.94. The monoisotopic (exact) mass is 273 g/mol. The van der Waals surface area contributed by atoms with Crippen molar-refractivity contribution in [2.45, 2.75) is 72.4 Å². The Hall–Kier alpha value is -0.820. The Balaban J connectivity index is 2.08. The van der Waals surface area contributed by atoms with Gasteiger partial charge in [0.25, 0.3) is 0 Å². The van der Waals surface area contributed by atoms with Crippen LogP contribution in [0.3, 0.4) is 0 Å². The third-order valence-electron chi connectivity index (χ3n) is 4.42. The third-order valence-corrected chi connectivity index (χ3v) is 4.42. The Kier molecular flexibility index (Phi) is 4.59. The zero-order valence-electron chi connectivity index (χ0n) is 13.9. The molecule has 0 heterocycles. The second-order valence-electron chi connectivity index (χ2n) is 8.50. The maximum Gasteiger partial charge on any atom is 0.0327 e. The summed E-state index contributed by atoms with van der Waals surface area (Å²) in [5.41, 5.74) is 2.30. The van der Waals surface area contributed by atoms with Gasteiger partial charge in [0.2, 0.25) is 0 Å². The molecule has 2 atom stereocenters. The standard InChI is InChI=1S/C19H31N/c1-18(2,3)14-17(15-9-7-6-8-10-15)20-16-11-12-19(4,5)13-16/h6-10,16-17,20H,11-14H2,1-5H3. The summed E-state index contributed by atoms with van der Waals surface area (Å²) in [6, 6.07) is 12.1.